The molecule has 1 amide bonds. The molecular formula is C11H13ClN2OS. The average molecular weight is 257 g/mol. The van der Waals surface area contributed by atoms with Gasteiger partial charge in [0.05, 0.1) is 10.7 Å². The van der Waals surface area contributed by atoms with Crippen molar-refractivity contribution in [3.63, 3.8) is 0 Å². The topological polar surface area (TPSA) is 41.1 Å². The predicted molar refractivity (Wildman–Crippen MR) is 70.7 cm³/mol. The number of halogens is 1. The molecule has 0 saturated heterocycles. The first-order valence-corrected chi connectivity index (χ1v) is 5.77. The fraction of sp³-hybridized carbons (Fsp3) is 0.273. The van der Waals surface area contributed by atoms with Crippen LogP contribution in [0.25, 0.3) is 0 Å². The van der Waals surface area contributed by atoms with Crippen LogP contribution in [0.2, 0.25) is 5.02 Å². The third-order valence-corrected chi connectivity index (χ3v) is 2.39. The molecule has 0 bridgehead atoms. The van der Waals surface area contributed by atoms with Gasteiger partial charge in [0.2, 0.25) is 5.91 Å². The van der Waals surface area contributed by atoms with Gasteiger partial charge in [0.25, 0.3) is 0 Å². The average Bonchev–Trinajstić information content (AvgIpc) is 2.21. The highest BCUT2D eigenvalue weighted by Gasteiger charge is 2.04. The number of thiocarbonyl (C=S) groups is 1. The van der Waals surface area contributed by atoms with Gasteiger partial charge in [-0.25, -0.2) is 0 Å². The minimum atomic E-state index is -0.0907. The maximum Gasteiger partial charge on any atom is 0.226 e. The van der Waals surface area contributed by atoms with Crippen molar-refractivity contribution in [2.24, 2.45) is 0 Å². The molecule has 1 aromatic rings. The molecule has 0 aliphatic rings. The smallest absolute Gasteiger partial charge is 0.226 e. The Balaban J connectivity index is 2.52. The molecule has 0 aliphatic carbocycles. The second-order valence-corrected chi connectivity index (χ2v) is 4.05. The molecule has 3 nitrogen and oxygen atoms in total. The Kier molecular flexibility index (Phi) is 5.22. The van der Waals surface area contributed by atoms with E-state index in [2.05, 4.69) is 10.6 Å². The summed E-state index contributed by atoms with van der Waals surface area (Å²) >= 11 is 10.9. The third kappa shape index (κ3) is 4.16. The van der Waals surface area contributed by atoms with Crippen LogP contribution in [-0.2, 0) is 4.79 Å². The lowest BCUT2D eigenvalue weighted by molar-refractivity contribution is -0.119. The second kappa shape index (κ2) is 6.45. The summed E-state index contributed by atoms with van der Waals surface area (Å²) in [6.45, 7) is 1.93. The van der Waals surface area contributed by atoms with Crippen molar-refractivity contribution < 1.29 is 4.79 Å². The number of nitrogens with one attached hydrogen (secondary N) is 2. The van der Waals surface area contributed by atoms with E-state index < -0.39 is 0 Å². The van der Waals surface area contributed by atoms with Crippen LogP contribution in [0.15, 0.2) is 24.3 Å². The van der Waals surface area contributed by atoms with E-state index >= 15 is 0 Å². The number of carbonyl (C=O) groups is 1. The number of carbonyl (C=O) groups excluding carboxylic acids is 1. The van der Waals surface area contributed by atoms with E-state index in [0.29, 0.717) is 17.1 Å². The Morgan fingerprint density at radius 1 is 1.44 bits per heavy atom. The molecule has 0 atom stereocenters. The maximum atomic E-state index is 11.3. The Morgan fingerprint density at radius 2 is 2.12 bits per heavy atom. The quantitative estimate of drug-likeness (QED) is 0.817. The summed E-state index contributed by atoms with van der Waals surface area (Å²) in [4.78, 5) is 11.3. The monoisotopic (exact) mass is 256 g/mol. The van der Waals surface area contributed by atoms with Gasteiger partial charge in [0.1, 0.15) is 0 Å². The fourth-order valence-corrected chi connectivity index (χ4v) is 1.54. The lowest BCUT2D eigenvalue weighted by atomic mass is 10.3. The lowest BCUT2D eigenvalue weighted by Crippen LogP contribution is -2.33. The first-order chi connectivity index (χ1) is 7.63. The molecule has 86 valence electrons. The highest BCUT2D eigenvalue weighted by molar-refractivity contribution is 7.80. The van der Waals surface area contributed by atoms with Crippen molar-refractivity contribution in [1.29, 1.82) is 0 Å². The summed E-state index contributed by atoms with van der Waals surface area (Å²) in [5.41, 5.74) is 0.686. The second-order valence-electron chi connectivity index (χ2n) is 3.23. The van der Waals surface area contributed by atoms with E-state index in [1.54, 1.807) is 12.1 Å². The van der Waals surface area contributed by atoms with Crippen LogP contribution in [0.5, 0.6) is 0 Å². The van der Waals surface area contributed by atoms with Gasteiger partial charge in [-0.2, -0.15) is 0 Å². The van der Waals surface area contributed by atoms with Crippen LogP contribution >= 0.6 is 23.8 Å². The van der Waals surface area contributed by atoms with Crippen LogP contribution in [0, 0.1) is 0 Å². The van der Waals surface area contributed by atoms with E-state index in [9.17, 15) is 4.79 Å². The van der Waals surface area contributed by atoms with Crippen molar-refractivity contribution in [2.45, 2.75) is 19.8 Å². The van der Waals surface area contributed by atoms with E-state index in [-0.39, 0.29) is 11.0 Å². The number of anilines is 1. The number of para-hydroxylation sites is 1. The Hall–Kier alpha value is -1.13. The van der Waals surface area contributed by atoms with E-state index in [4.69, 9.17) is 23.8 Å². The molecule has 0 heterocycles. The summed E-state index contributed by atoms with van der Waals surface area (Å²) in [6.07, 6.45) is 1.25. The number of benzene rings is 1. The standard InChI is InChI=1S/C11H13ClN2OS/c1-2-5-10(15)14-11(16)13-9-7-4-3-6-8(9)12/h3-4,6-7H,2,5H2,1H3,(H2,13,14,15,16). The van der Waals surface area contributed by atoms with Crippen molar-refractivity contribution in [3.8, 4) is 0 Å². The van der Waals surface area contributed by atoms with Gasteiger partial charge in [-0.3, -0.25) is 4.79 Å². The lowest BCUT2D eigenvalue weighted by Gasteiger charge is -2.10. The molecule has 0 spiro atoms. The first-order valence-electron chi connectivity index (χ1n) is 4.99. The van der Waals surface area contributed by atoms with Crippen LogP contribution in [0.4, 0.5) is 5.69 Å². The highest BCUT2D eigenvalue weighted by atomic mass is 35.5. The Labute approximate surface area is 105 Å². The van der Waals surface area contributed by atoms with Crippen molar-refractivity contribution in [1.82, 2.24) is 5.32 Å². The van der Waals surface area contributed by atoms with Crippen LogP contribution in [0.1, 0.15) is 19.8 Å². The molecule has 0 aliphatic heterocycles. The Morgan fingerprint density at radius 3 is 2.75 bits per heavy atom. The van der Waals surface area contributed by atoms with Crippen LogP contribution in [-0.4, -0.2) is 11.0 Å². The van der Waals surface area contributed by atoms with E-state index in [1.165, 1.54) is 0 Å². The van der Waals surface area contributed by atoms with Gasteiger partial charge in [0, 0.05) is 6.42 Å². The number of amides is 1. The number of hydrogen-bond acceptors (Lipinski definition) is 2. The molecule has 0 saturated carbocycles. The molecule has 0 aromatic heterocycles. The molecule has 0 fully saturated rings. The Bertz CT molecular complexity index is 395. The molecule has 0 radical (unpaired) electrons. The van der Waals surface area contributed by atoms with Crippen molar-refractivity contribution >= 4 is 40.5 Å². The zero-order chi connectivity index (χ0) is 12.0. The first kappa shape index (κ1) is 12.9. The van der Waals surface area contributed by atoms with Gasteiger partial charge in [-0.1, -0.05) is 30.7 Å². The fourth-order valence-electron chi connectivity index (χ4n) is 1.13. The predicted octanol–water partition coefficient (Wildman–Crippen LogP) is 2.95. The van der Waals surface area contributed by atoms with Gasteiger partial charge >= 0.3 is 0 Å². The van der Waals surface area contributed by atoms with Crippen molar-refractivity contribution in [3.05, 3.63) is 29.3 Å². The summed E-state index contributed by atoms with van der Waals surface area (Å²) in [6, 6.07) is 7.21. The summed E-state index contributed by atoms with van der Waals surface area (Å²) in [5.74, 6) is -0.0907. The normalized spacial score (nSPS) is 9.62. The molecule has 16 heavy (non-hydrogen) atoms. The molecular weight excluding hydrogens is 244 g/mol. The molecule has 5 heteroatoms. The van der Waals surface area contributed by atoms with Crippen LogP contribution < -0.4 is 10.6 Å². The highest BCUT2D eigenvalue weighted by Crippen LogP contribution is 2.20. The maximum absolute atomic E-state index is 11.3. The third-order valence-electron chi connectivity index (χ3n) is 1.85. The number of hydrogen-bond donors (Lipinski definition) is 2. The van der Waals surface area contributed by atoms with Gasteiger partial charge < -0.3 is 10.6 Å². The minimum absolute atomic E-state index is 0.0907. The summed E-state index contributed by atoms with van der Waals surface area (Å²) in [7, 11) is 0. The van der Waals surface area contributed by atoms with Crippen LogP contribution in [0.3, 0.4) is 0 Å². The minimum Gasteiger partial charge on any atom is -0.331 e. The number of rotatable bonds is 3. The largest absolute Gasteiger partial charge is 0.331 e. The zero-order valence-electron chi connectivity index (χ0n) is 8.92. The van der Waals surface area contributed by atoms with Gasteiger partial charge in [-0.05, 0) is 30.8 Å². The molecule has 0 unspecified atom stereocenters. The molecule has 1 aromatic carbocycles. The molecule has 1 rings (SSSR count). The van der Waals surface area contributed by atoms with Gasteiger partial charge in [0.15, 0.2) is 5.11 Å². The zero-order valence-corrected chi connectivity index (χ0v) is 10.5. The van der Waals surface area contributed by atoms with E-state index in [0.717, 1.165) is 6.42 Å². The summed E-state index contributed by atoms with van der Waals surface area (Å²) < 4.78 is 0. The van der Waals surface area contributed by atoms with Crippen molar-refractivity contribution in [2.75, 3.05) is 5.32 Å². The SMILES string of the molecule is CCCC(=O)NC(=S)Nc1ccccc1Cl. The molecule has 2 N–H and O–H groups in total. The van der Waals surface area contributed by atoms with E-state index in [1.807, 2.05) is 19.1 Å². The van der Waals surface area contributed by atoms with Gasteiger partial charge in [-0.15, -0.1) is 0 Å². The summed E-state index contributed by atoms with van der Waals surface area (Å²) in [5, 5.41) is 6.28.